The van der Waals surface area contributed by atoms with Crippen LogP contribution in [0, 0.1) is 0 Å². The lowest BCUT2D eigenvalue weighted by molar-refractivity contribution is 0.354. The molecule has 0 saturated heterocycles. The Labute approximate surface area is 176 Å². The fourth-order valence-electron chi connectivity index (χ4n) is 4.02. The lowest BCUT2D eigenvalue weighted by Crippen LogP contribution is -2.11. The van der Waals surface area contributed by atoms with Crippen LogP contribution in [0.2, 0.25) is 0 Å². The number of hydrogen-bond acceptors (Lipinski definition) is 6. The average molecular weight is 412 g/mol. The molecular weight excluding hydrogens is 382 g/mol. The van der Waals surface area contributed by atoms with Crippen LogP contribution in [0.25, 0.3) is 10.2 Å². The number of benzene rings is 1. The minimum Gasteiger partial charge on any atom is -0.493 e. The topological polar surface area (TPSA) is 56.3 Å². The third-order valence-electron chi connectivity index (χ3n) is 5.69. The molecule has 0 unspecified atom stereocenters. The van der Waals surface area contributed by atoms with E-state index in [9.17, 15) is 0 Å². The first-order valence-electron chi connectivity index (χ1n) is 10.5. The van der Waals surface area contributed by atoms with E-state index >= 15 is 0 Å². The minimum absolute atomic E-state index is 0.488. The Morgan fingerprint density at radius 1 is 1.03 bits per heavy atom. The van der Waals surface area contributed by atoms with Gasteiger partial charge in [-0.1, -0.05) is 32.3 Å². The summed E-state index contributed by atoms with van der Waals surface area (Å²) in [5, 5.41) is 4.70. The Hall–Kier alpha value is -2.34. The summed E-state index contributed by atoms with van der Waals surface area (Å²) in [5.74, 6) is 3.93. The van der Waals surface area contributed by atoms with Crippen LogP contribution in [0.1, 0.15) is 61.2 Å². The van der Waals surface area contributed by atoms with E-state index in [-0.39, 0.29) is 0 Å². The normalized spacial score (nSPS) is 14.9. The van der Waals surface area contributed by atoms with Crippen molar-refractivity contribution in [2.24, 2.45) is 0 Å². The lowest BCUT2D eigenvalue weighted by Gasteiger charge is -2.21. The zero-order chi connectivity index (χ0) is 20.2. The maximum Gasteiger partial charge on any atom is 0.161 e. The van der Waals surface area contributed by atoms with Gasteiger partial charge in [0.2, 0.25) is 0 Å². The molecule has 1 aliphatic rings. The molecule has 154 valence electrons. The van der Waals surface area contributed by atoms with E-state index in [1.807, 2.05) is 12.1 Å². The summed E-state index contributed by atoms with van der Waals surface area (Å²) >= 11 is 1.79. The molecule has 29 heavy (non-hydrogen) atoms. The quantitative estimate of drug-likeness (QED) is 0.522. The summed E-state index contributed by atoms with van der Waals surface area (Å²) in [5.41, 5.74) is 1.12. The lowest BCUT2D eigenvalue weighted by atomic mass is 9.88. The molecule has 0 amide bonds. The van der Waals surface area contributed by atoms with Gasteiger partial charge in [-0.2, -0.15) is 0 Å². The number of aromatic nitrogens is 2. The third kappa shape index (κ3) is 4.32. The molecule has 6 heteroatoms. The highest BCUT2D eigenvalue weighted by Crippen LogP contribution is 2.36. The van der Waals surface area contributed by atoms with Crippen molar-refractivity contribution in [3.8, 4) is 11.5 Å². The van der Waals surface area contributed by atoms with Gasteiger partial charge in [-0.3, -0.25) is 0 Å². The second kappa shape index (κ2) is 8.99. The SMILES string of the molecule is CCc1cc2c(NCc3ccc(OC)c(OC)c3)nc(C3CCCCC3)nc2s1. The number of anilines is 1. The van der Waals surface area contributed by atoms with E-state index in [2.05, 4.69) is 24.4 Å². The van der Waals surface area contributed by atoms with Crippen molar-refractivity contribution in [1.82, 2.24) is 9.97 Å². The molecule has 4 rings (SSSR count). The number of methoxy groups -OCH3 is 2. The maximum absolute atomic E-state index is 5.44. The van der Waals surface area contributed by atoms with Crippen LogP contribution in [0.3, 0.4) is 0 Å². The van der Waals surface area contributed by atoms with Gasteiger partial charge in [-0.25, -0.2) is 9.97 Å². The number of thiophene rings is 1. The summed E-state index contributed by atoms with van der Waals surface area (Å²) in [4.78, 5) is 12.4. The zero-order valence-corrected chi connectivity index (χ0v) is 18.3. The molecule has 1 fully saturated rings. The summed E-state index contributed by atoms with van der Waals surface area (Å²) in [7, 11) is 3.32. The Bertz CT molecular complexity index is 980. The van der Waals surface area contributed by atoms with Gasteiger partial charge in [0.25, 0.3) is 0 Å². The molecular formula is C23H29N3O2S. The number of nitrogens with one attached hydrogen (secondary N) is 1. The molecule has 2 heterocycles. The van der Waals surface area contributed by atoms with Gasteiger partial charge in [0.05, 0.1) is 19.6 Å². The fourth-order valence-corrected chi connectivity index (χ4v) is 4.99. The molecule has 1 aromatic carbocycles. The van der Waals surface area contributed by atoms with Gasteiger partial charge in [-0.15, -0.1) is 11.3 Å². The number of rotatable bonds is 7. The van der Waals surface area contributed by atoms with Gasteiger partial charge >= 0.3 is 0 Å². The fraction of sp³-hybridized carbons (Fsp3) is 0.478. The van der Waals surface area contributed by atoms with Crippen molar-refractivity contribution >= 4 is 27.4 Å². The molecule has 1 N–H and O–H groups in total. The highest BCUT2D eigenvalue weighted by molar-refractivity contribution is 7.18. The number of nitrogens with zero attached hydrogens (tertiary/aromatic N) is 2. The highest BCUT2D eigenvalue weighted by Gasteiger charge is 2.21. The first-order chi connectivity index (χ1) is 14.2. The third-order valence-corrected chi connectivity index (χ3v) is 6.86. The summed E-state index contributed by atoms with van der Waals surface area (Å²) in [6.07, 6.45) is 7.33. The van der Waals surface area contributed by atoms with Gasteiger partial charge < -0.3 is 14.8 Å². The summed E-state index contributed by atoms with van der Waals surface area (Å²) in [6.45, 7) is 2.87. The largest absolute Gasteiger partial charge is 0.493 e. The predicted octanol–water partition coefficient (Wildman–Crippen LogP) is 5.93. The van der Waals surface area contributed by atoms with Crippen LogP contribution in [0.15, 0.2) is 24.3 Å². The smallest absolute Gasteiger partial charge is 0.161 e. The molecule has 0 radical (unpaired) electrons. The number of fused-ring (bicyclic) bond motifs is 1. The predicted molar refractivity (Wildman–Crippen MR) is 119 cm³/mol. The van der Waals surface area contributed by atoms with E-state index < -0.39 is 0 Å². The van der Waals surface area contributed by atoms with Crippen LogP contribution in [0.4, 0.5) is 5.82 Å². The molecule has 0 atom stereocenters. The van der Waals surface area contributed by atoms with Gasteiger partial charge in [0.1, 0.15) is 16.5 Å². The molecule has 0 bridgehead atoms. The van der Waals surface area contributed by atoms with Crippen LogP contribution in [-0.4, -0.2) is 24.2 Å². The maximum atomic E-state index is 5.44. The van der Waals surface area contributed by atoms with Gasteiger partial charge in [0, 0.05) is 17.3 Å². The second-order valence-electron chi connectivity index (χ2n) is 7.59. The standard InChI is InChI=1S/C23H29N3O2S/c1-4-17-13-18-22(24-14-15-10-11-19(27-2)20(12-15)28-3)25-21(26-23(18)29-17)16-8-6-5-7-9-16/h10-13,16H,4-9,14H2,1-3H3,(H,24,25,26). The van der Waals surface area contributed by atoms with E-state index in [0.29, 0.717) is 12.5 Å². The molecule has 1 aliphatic carbocycles. The summed E-state index contributed by atoms with van der Waals surface area (Å²) < 4.78 is 10.8. The van der Waals surface area contributed by atoms with E-state index in [1.54, 1.807) is 25.6 Å². The van der Waals surface area contributed by atoms with Gasteiger partial charge in [0.15, 0.2) is 11.5 Å². The highest BCUT2D eigenvalue weighted by atomic mass is 32.1. The van der Waals surface area contributed by atoms with E-state index in [4.69, 9.17) is 19.4 Å². The van der Waals surface area contributed by atoms with E-state index in [0.717, 1.165) is 45.3 Å². The zero-order valence-electron chi connectivity index (χ0n) is 17.5. The van der Waals surface area contributed by atoms with Crippen molar-refractivity contribution in [3.63, 3.8) is 0 Å². The van der Waals surface area contributed by atoms with Gasteiger partial charge in [-0.05, 0) is 43.0 Å². The molecule has 1 saturated carbocycles. The number of aryl methyl sites for hydroxylation is 1. The monoisotopic (exact) mass is 411 g/mol. The van der Waals surface area contributed by atoms with Crippen LogP contribution < -0.4 is 14.8 Å². The average Bonchev–Trinajstić information content (AvgIpc) is 3.21. The van der Waals surface area contributed by atoms with Crippen molar-refractivity contribution in [1.29, 1.82) is 0 Å². The first kappa shape index (κ1) is 20.0. The molecule has 5 nitrogen and oxygen atoms in total. The number of hydrogen-bond donors (Lipinski definition) is 1. The molecule has 0 spiro atoms. The van der Waals surface area contributed by atoms with Crippen LogP contribution in [0.5, 0.6) is 11.5 Å². The Morgan fingerprint density at radius 3 is 2.55 bits per heavy atom. The van der Waals surface area contributed by atoms with Crippen LogP contribution >= 0.6 is 11.3 Å². The van der Waals surface area contributed by atoms with Crippen molar-refractivity contribution in [3.05, 3.63) is 40.5 Å². The Morgan fingerprint density at radius 2 is 1.83 bits per heavy atom. The number of ether oxygens (including phenoxy) is 2. The molecule has 3 aromatic rings. The Kier molecular flexibility index (Phi) is 6.19. The summed E-state index contributed by atoms with van der Waals surface area (Å²) in [6, 6.07) is 8.25. The molecule has 0 aliphatic heterocycles. The first-order valence-corrected chi connectivity index (χ1v) is 11.3. The second-order valence-corrected chi connectivity index (χ2v) is 8.71. The molecule has 2 aromatic heterocycles. The van der Waals surface area contributed by atoms with Crippen molar-refractivity contribution < 1.29 is 9.47 Å². The van der Waals surface area contributed by atoms with E-state index in [1.165, 1.54) is 37.0 Å². The van der Waals surface area contributed by atoms with Crippen molar-refractivity contribution in [2.45, 2.75) is 57.9 Å². The Balaban J connectivity index is 1.63. The van der Waals surface area contributed by atoms with Crippen LogP contribution in [-0.2, 0) is 13.0 Å². The van der Waals surface area contributed by atoms with Crippen molar-refractivity contribution in [2.75, 3.05) is 19.5 Å². The minimum atomic E-state index is 0.488.